The van der Waals surface area contributed by atoms with Crippen molar-refractivity contribution in [2.24, 2.45) is 14.1 Å². The van der Waals surface area contributed by atoms with Crippen molar-refractivity contribution in [1.82, 2.24) is 9.13 Å². The summed E-state index contributed by atoms with van der Waals surface area (Å²) in [4.78, 5) is 27.2. The molecule has 0 bridgehead atoms. The van der Waals surface area contributed by atoms with Gasteiger partial charge in [-0.1, -0.05) is 11.8 Å². The van der Waals surface area contributed by atoms with Gasteiger partial charge >= 0.3 is 5.69 Å². The topological polar surface area (TPSA) is 74.5 Å². The second kappa shape index (κ2) is 8.84. The minimum atomic E-state index is -0.246. The summed E-state index contributed by atoms with van der Waals surface area (Å²) in [5.74, 6) is 1.20. The zero-order chi connectivity index (χ0) is 22.8. The lowest BCUT2D eigenvalue weighted by molar-refractivity contribution is 0.102. The van der Waals surface area contributed by atoms with Crippen LogP contribution in [-0.2, 0) is 14.1 Å². The van der Waals surface area contributed by atoms with Gasteiger partial charge in [0.2, 0.25) is 0 Å². The first kappa shape index (κ1) is 21.6. The fourth-order valence-corrected chi connectivity index (χ4v) is 4.33. The van der Waals surface area contributed by atoms with Gasteiger partial charge in [0, 0.05) is 29.4 Å². The highest BCUT2D eigenvalue weighted by Crippen LogP contribution is 2.37. The molecule has 0 fully saturated rings. The van der Waals surface area contributed by atoms with Gasteiger partial charge in [0.1, 0.15) is 11.5 Å². The number of ether oxygens (including phenoxy) is 2. The number of anilines is 1. The Balaban J connectivity index is 1.75. The summed E-state index contributed by atoms with van der Waals surface area (Å²) in [6.07, 6.45) is 0. The number of fused-ring (bicyclic) bond motifs is 1. The average Bonchev–Trinajstić information content (AvgIpc) is 3.03. The van der Waals surface area contributed by atoms with Crippen molar-refractivity contribution in [3.8, 4) is 11.5 Å². The lowest BCUT2D eigenvalue weighted by Crippen LogP contribution is -2.19. The number of carbonyl (C=O) groups is 1. The molecule has 0 aliphatic heterocycles. The van der Waals surface area contributed by atoms with Gasteiger partial charge in [0.05, 0.1) is 30.9 Å². The number of aromatic nitrogens is 2. The van der Waals surface area contributed by atoms with E-state index in [1.54, 1.807) is 61.7 Å². The van der Waals surface area contributed by atoms with Gasteiger partial charge in [-0.15, -0.1) is 0 Å². The highest BCUT2D eigenvalue weighted by Gasteiger charge is 2.16. The van der Waals surface area contributed by atoms with E-state index in [1.165, 1.54) is 11.8 Å². The van der Waals surface area contributed by atoms with Gasteiger partial charge in [0.25, 0.3) is 5.91 Å². The maximum absolute atomic E-state index is 12.9. The van der Waals surface area contributed by atoms with Crippen LogP contribution in [0.2, 0.25) is 0 Å². The van der Waals surface area contributed by atoms with E-state index in [0.717, 1.165) is 26.6 Å². The van der Waals surface area contributed by atoms with Crippen LogP contribution in [0.25, 0.3) is 11.0 Å². The molecule has 4 rings (SSSR count). The number of imidazole rings is 1. The first-order valence-electron chi connectivity index (χ1n) is 9.88. The Labute approximate surface area is 189 Å². The fourth-order valence-electron chi connectivity index (χ4n) is 3.42. The van der Waals surface area contributed by atoms with E-state index in [-0.39, 0.29) is 11.6 Å². The minimum absolute atomic E-state index is 0.126. The van der Waals surface area contributed by atoms with E-state index in [1.807, 2.05) is 36.4 Å². The molecule has 0 saturated heterocycles. The molecule has 164 valence electrons. The molecule has 8 heteroatoms. The molecule has 32 heavy (non-hydrogen) atoms. The monoisotopic (exact) mass is 449 g/mol. The first-order chi connectivity index (χ1) is 15.4. The molecular weight excluding hydrogens is 426 g/mol. The second-order valence-corrected chi connectivity index (χ2v) is 8.31. The number of hydrogen-bond acceptors (Lipinski definition) is 5. The number of carbonyl (C=O) groups excluding carboxylic acids is 1. The number of amides is 1. The number of rotatable bonds is 6. The Hall–Kier alpha value is -3.65. The molecule has 0 aliphatic carbocycles. The van der Waals surface area contributed by atoms with Gasteiger partial charge in [-0.2, -0.15) is 0 Å². The van der Waals surface area contributed by atoms with Crippen LogP contribution in [0.3, 0.4) is 0 Å². The Kier molecular flexibility index (Phi) is 5.96. The van der Waals surface area contributed by atoms with Crippen LogP contribution in [0, 0.1) is 0 Å². The van der Waals surface area contributed by atoms with Crippen LogP contribution in [0.4, 0.5) is 5.69 Å². The normalized spacial score (nSPS) is 10.9. The molecule has 0 radical (unpaired) electrons. The summed E-state index contributed by atoms with van der Waals surface area (Å²) in [7, 11) is 6.66. The number of hydrogen-bond donors (Lipinski definition) is 1. The molecule has 0 atom stereocenters. The van der Waals surface area contributed by atoms with Crippen molar-refractivity contribution >= 4 is 34.4 Å². The van der Waals surface area contributed by atoms with E-state index < -0.39 is 0 Å². The zero-order valence-corrected chi connectivity index (χ0v) is 19.0. The Morgan fingerprint density at radius 2 is 1.38 bits per heavy atom. The number of nitrogens with zero attached hydrogens (tertiary/aromatic N) is 2. The SMILES string of the molecule is COc1ccc(Sc2cc3c(cc2NC(=O)c2ccc(OC)cc2)n(C)c(=O)n3C)cc1. The third-order valence-electron chi connectivity index (χ3n) is 5.26. The summed E-state index contributed by atoms with van der Waals surface area (Å²) in [5.41, 5.74) is 2.53. The van der Waals surface area contributed by atoms with Crippen molar-refractivity contribution in [3.05, 3.63) is 76.7 Å². The van der Waals surface area contributed by atoms with Crippen molar-refractivity contribution in [2.45, 2.75) is 9.79 Å². The summed E-state index contributed by atoms with van der Waals surface area (Å²) in [5, 5.41) is 3.01. The largest absolute Gasteiger partial charge is 0.497 e. The molecule has 1 amide bonds. The van der Waals surface area contributed by atoms with Gasteiger partial charge in [-0.3, -0.25) is 13.9 Å². The summed E-state index contributed by atoms with van der Waals surface area (Å²) >= 11 is 1.50. The van der Waals surface area contributed by atoms with E-state index in [9.17, 15) is 9.59 Å². The third kappa shape index (κ3) is 4.09. The van der Waals surface area contributed by atoms with Crippen LogP contribution < -0.4 is 20.5 Å². The second-order valence-electron chi connectivity index (χ2n) is 7.20. The van der Waals surface area contributed by atoms with E-state index in [0.29, 0.717) is 17.0 Å². The maximum Gasteiger partial charge on any atom is 0.328 e. The van der Waals surface area contributed by atoms with Gasteiger partial charge in [-0.25, -0.2) is 4.79 Å². The molecule has 1 aromatic heterocycles. The predicted octanol–water partition coefficient (Wildman–Crippen LogP) is 4.30. The molecule has 3 aromatic carbocycles. The molecule has 4 aromatic rings. The van der Waals surface area contributed by atoms with Crippen molar-refractivity contribution in [1.29, 1.82) is 0 Å². The Bertz CT molecular complexity index is 1340. The maximum atomic E-state index is 12.9. The summed E-state index contributed by atoms with van der Waals surface area (Å²) < 4.78 is 13.6. The molecule has 1 N–H and O–H groups in total. The zero-order valence-electron chi connectivity index (χ0n) is 18.2. The highest BCUT2D eigenvalue weighted by molar-refractivity contribution is 7.99. The fraction of sp³-hybridized carbons (Fsp3) is 0.167. The lowest BCUT2D eigenvalue weighted by Gasteiger charge is -2.13. The lowest BCUT2D eigenvalue weighted by atomic mass is 10.2. The molecule has 0 spiro atoms. The van der Waals surface area contributed by atoms with Gasteiger partial charge in [-0.05, 0) is 60.7 Å². The molecule has 1 heterocycles. The van der Waals surface area contributed by atoms with Crippen molar-refractivity contribution < 1.29 is 14.3 Å². The number of nitrogens with one attached hydrogen (secondary N) is 1. The average molecular weight is 450 g/mol. The Morgan fingerprint density at radius 1 is 0.844 bits per heavy atom. The van der Waals surface area contributed by atoms with Crippen LogP contribution in [-0.4, -0.2) is 29.3 Å². The standard InChI is InChI=1S/C24H23N3O4S/c1-26-20-13-19(25-23(28)15-5-7-16(30-3)8-6-15)22(14-21(20)27(2)24(26)29)32-18-11-9-17(31-4)10-12-18/h5-14H,1-4H3,(H,25,28). The highest BCUT2D eigenvalue weighted by atomic mass is 32.2. The predicted molar refractivity (Wildman–Crippen MR) is 126 cm³/mol. The van der Waals surface area contributed by atoms with Crippen LogP contribution in [0.5, 0.6) is 11.5 Å². The first-order valence-corrected chi connectivity index (χ1v) is 10.7. The van der Waals surface area contributed by atoms with Crippen molar-refractivity contribution in [2.75, 3.05) is 19.5 Å². The van der Waals surface area contributed by atoms with Crippen LogP contribution in [0.15, 0.2) is 75.2 Å². The summed E-state index contributed by atoms with van der Waals surface area (Å²) in [6, 6.07) is 18.3. The molecule has 7 nitrogen and oxygen atoms in total. The number of methoxy groups -OCH3 is 2. The van der Waals surface area contributed by atoms with E-state index in [2.05, 4.69) is 5.32 Å². The third-order valence-corrected chi connectivity index (χ3v) is 6.33. The molecular formula is C24H23N3O4S. The van der Waals surface area contributed by atoms with Crippen LogP contribution in [0.1, 0.15) is 10.4 Å². The minimum Gasteiger partial charge on any atom is -0.497 e. The number of aryl methyl sites for hydroxylation is 2. The Morgan fingerprint density at radius 3 is 1.94 bits per heavy atom. The van der Waals surface area contributed by atoms with E-state index in [4.69, 9.17) is 9.47 Å². The van der Waals surface area contributed by atoms with Crippen LogP contribution >= 0.6 is 11.8 Å². The molecule has 0 saturated carbocycles. The smallest absolute Gasteiger partial charge is 0.328 e. The molecule has 0 unspecified atom stereocenters. The van der Waals surface area contributed by atoms with Gasteiger partial charge < -0.3 is 14.8 Å². The quantitative estimate of drug-likeness (QED) is 0.475. The van der Waals surface area contributed by atoms with E-state index >= 15 is 0 Å². The van der Waals surface area contributed by atoms with Crippen molar-refractivity contribution in [3.63, 3.8) is 0 Å². The molecule has 0 aliphatic rings. The van der Waals surface area contributed by atoms with Gasteiger partial charge in [0.15, 0.2) is 0 Å². The number of benzene rings is 3. The summed E-state index contributed by atoms with van der Waals surface area (Å²) in [6.45, 7) is 0.